The number of esters is 1. The van der Waals surface area contributed by atoms with Gasteiger partial charge in [0.25, 0.3) is 0 Å². The second-order valence-corrected chi connectivity index (χ2v) is 5.55. The molecule has 1 aliphatic rings. The highest BCUT2D eigenvalue weighted by Gasteiger charge is 2.33. The van der Waals surface area contributed by atoms with E-state index in [1.807, 2.05) is 13.8 Å². The molecule has 0 radical (unpaired) electrons. The molecule has 4 atom stereocenters. The highest BCUT2D eigenvalue weighted by molar-refractivity contribution is 5.85. The number of halogens is 1. The SMILES string of the molecule is CC[C@H]1OCC[C@H](N)C(=O)O[C@@H](C)[C@@H]1OCC(C)C.Cl. The summed E-state index contributed by atoms with van der Waals surface area (Å²) >= 11 is 0. The van der Waals surface area contributed by atoms with Crippen molar-refractivity contribution >= 4 is 18.4 Å². The summed E-state index contributed by atoms with van der Waals surface area (Å²) in [5.74, 6) is 0.0568. The normalized spacial score (nSPS) is 31.8. The summed E-state index contributed by atoms with van der Waals surface area (Å²) in [4.78, 5) is 11.8. The van der Waals surface area contributed by atoms with E-state index >= 15 is 0 Å². The minimum absolute atomic E-state index is 0. The van der Waals surface area contributed by atoms with Gasteiger partial charge in [-0.3, -0.25) is 4.79 Å². The van der Waals surface area contributed by atoms with Crippen LogP contribution >= 0.6 is 12.4 Å². The Labute approximate surface area is 127 Å². The summed E-state index contributed by atoms with van der Waals surface area (Å²) < 4.78 is 17.1. The molecule has 0 amide bonds. The molecule has 1 saturated heterocycles. The summed E-state index contributed by atoms with van der Waals surface area (Å²) in [5.41, 5.74) is 5.74. The Kier molecular flexibility index (Phi) is 9.38. The van der Waals surface area contributed by atoms with Gasteiger partial charge in [0.05, 0.1) is 6.10 Å². The fraction of sp³-hybridized carbons (Fsp3) is 0.929. The van der Waals surface area contributed by atoms with E-state index in [0.29, 0.717) is 25.6 Å². The van der Waals surface area contributed by atoms with Crippen LogP contribution in [0.3, 0.4) is 0 Å². The third-order valence-corrected chi connectivity index (χ3v) is 3.22. The second-order valence-electron chi connectivity index (χ2n) is 5.55. The molecule has 0 aromatic carbocycles. The zero-order chi connectivity index (χ0) is 14.4. The summed E-state index contributed by atoms with van der Waals surface area (Å²) in [6.07, 6.45) is 0.660. The molecular formula is C14H28ClNO4. The highest BCUT2D eigenvalue weighted by atomic mass is 35.5. The van der Waals surface area contributed by atoms with Gasteiger partial charge in [0, 0.05) is 13.2 Å². The van der Waals surface area contributed by atoms with E-state index in [1.165, 1.54) is 0 Å². The van der Waals surface area contributed by atoms with Gasteiger partial charge >= 0.3 is 5.97 Å². The molecule has 0 unspecified atom stereocenters. The van der Waals surface area contributed by atoms with Crippen molar-refractivity contribution in [3.63, 3.8) is 0 Å². The van der Waals surface area contributed by atoms with Gasteiger partial charge in [-0.05, 0) is 25.7 Å². The van der Waals surface area contributed by atoms with E-state index in [0.717, 1.165) is 6.42 Å². The molecule has 2 N–H and O–H groups in total. The van der Waals surface area contributed by atoms with E-state index < -0.39 is 6.04 Å². The van der Waals surface area contributed by atoms with E-state index in [1.54, 1.807) is 0 Å². The van der Waals surface area contributed by atoms with Crippen molar-refractivity contribution in [3.05, 3.63) is 0 Å². The first kappa shape index (κ1) is 19.6. The quantitative estimate of drug-likeness (QED) is 0.803. The van der Waals surface area contributed by atoms with E-state index in [9.17, 15) is 4.79 Å². The predicted octanol–water partition coefficient (Wildman–Crippen LogP) is 1.91. The van der Waals surface area contributed by atoms with Crippen molar-refractivity contribution in [2.75, 3.05) is 13.2 Å². The molecule has 0 spiro atoms. The Bertz CT molecular complexity index is 288. The van der Waals surface area contributed by atoms with Crippen LogP contribution in [0.15, 0.2) is 0 Å². The summed E-state index contributed by atoms with van der Waals surface area (Å²) in [7, 11) is 0. The van der Waals surface area contributed by atoms with Crippen molar-refractivity contribution in [2.24, 2.45) is 11.7 Å². The van der Waals surface area contributed by atoms with Crippen molar-refractivity contribution in [1.82, 2.24) is 0 Å². The van der Waals surface area contributed by atoms with Crippen LogP contribution in [0.5, 0.6) is 0 Å². The zero-order valence-corrected chi connectivity index (χ0v) is 13.7. The van der Waals surface area contributed by atoms with Crippen LogP contribution in [-0.2, 0) is 19.0 Å². The minimum atomic E-state index is -0.608. The third-order valence-electron chi connectivity index (χ3n) is 3.22. The molecule has 0 bridgehead atoms. The Balaban J connectivity index is 0.00000361. The number of rotatable bonds is 4. The zero-order valence-electron chi connectivity index (χ0n) is 12.8. The van der Waals surface area contributed by atoms with E-state index in [-0.39, 0.29) is 36.7 Å². The first-order valence-electron chi connectivity index (χ1n) is 7.15. The average Bonchev–Trinajstić information content (AvgIpc) is 2.39. The monoisotopic (exact) mass is 309 g/mol. The lowest BCUT2D eigenvalue weighted by molar-refractivity contribution is -0.165. The number of ether oxygens (including phenoxy) is 3. The molecule has 6 heteroatoms. The van der Waals surface area contributed by atoms with Crippen molar-refractivity contribution in [3.8, 4) is 0 Å². The number of carbonyl (C=O) groups is 1. The van der Waals surface area contributed by atoms with Gasteiger partial charge in [0.15, 0.2) is 0 Å². The van der Waals surface area contributed by atoms with Crippen molar-refractivity contribution < 1.29 is 19.0 Å². The summed E-state index contributed by atoms with van der Waals surface area (Å²) in [6, 6.07) is -0.608. The number of hydrogen-bond acceptors (Lipinski definition) is 5. The third kappa shape index (κ3) is 5.95. The Morgan fingerprint density at radius 2 is 2.10 bits per heavy atom. The maximum atomic E-state index is 11.8. The lowest BCUT2D eigenvalue weighted by Crippen LogP contribution is -2.43. The Morgan fingerprint density at radius 3 is 2.65 bits per heavy atom. The topological polar surface area (TPSA) is 70.8 Å². The van der Waals surface area contributed by atoms with Gasteiger partial charge in [-0.1, -0.05) is 20.8 Å². The summed E-state index contributed by atoms with van der Waals surface area (Å²) in [5, 5.41) is 0. The average molecular weight is 310 g/mol. The smallest absolute Gasteiger partial charge is 0.323 e. The second kappa shape index (κ2) is 9.55. The van der Waals surface area contributed by atoms with Crippen LogP contribution in [0, 0.1) is 5.92 Å². The van der Waals surface area contributed by atoms with Crippen LogP contribution in [0.2, 0.25) is 0 Å². The van der Waals surface area contributed by atoms with Crippen LogP contribution in [0.1, 0.15) is 40.5 Å². The maximum absolute atomic E-state index is 11.8. The molecule has 0 saturated carbocycles. The molecular weight excluding hydrogens is 282 g/mol. The van der Waals surface area contributed by atoms with Gasteiger partial charge in [0.1, 0.15) is 18.2 Å². The van der Waals surface area contributed by atoms with Crippen LogP contribution < -0.4 is 5.73 Å². The van der Waals surface area contributed by atoms with Crippen molar-refractivity contribution in [2.45, 2.75) is 64.9 Å². The first-order valence-corrected chi connectivity index (χ1v) is 7.15. The van der Waals surface area contributed by atoms with Gasteiger partial charge in [0.2, 0.25) is 0 Å². The van der Waals surface area contributed by atoms with Crippen molar-refractivity contribution in [1.29, 1.82) is 0 Å². The predicted molar refractivity (Wildman–Crippen MR) is 80.0 cm³/mol. The molecule has 1 fully saturated rings. The molecule has 0 aromatic heterocycles. The van der Waals surface area contributed by atoms with Gasteiger partial charge in [-0.2, -0.15) is 0 Å². The molecule has 1 aliphatic heterocycles. The fourth-order valence-electron chi connectivity index (χ4n) is 2.10. The number of nitrogens with two attached hydrogens (primary N) is 1. The van der Waals surface area contributed by atoms with Crippen LogP contribution in [0.4, 0.5) is 0 Å². The molecule has 1 rings (SSSR count). The number of carbonyl (C=O) groups excluding carboxylic acids is 1. The van der Waals surface area contributed by atoms with Crippen LogP contribution in [-0.4, -0.2) is 43.5 Å². The van der Waals surface area contributed by atoms with Gasteiger partial charge in [-0.25, -0.2) is 0 Å². The molecule has 0 aliphatic carbocycles. The van der Waals surface area contributed by atoms with E-state index in [4.69, 9.17) is 19.9 Å². The lowest BCUT2D eigenvalue weighted by Gasteiger charge is -2.30. The highest BCUT2D eigenvalue weighted by Crippen LogP contribution is 2.19. The molecule has 5 nitrogen and oxygen atoms in total. The fourth-order valence-corrected chi connectivity index (χ4v) is 2.10. The lowest BCUT2D eigenvalue weighted by atomic mass is 10.1. The van der Waals surface area contributed by atoms with Gasteiger partial charge in [-0.15, -0.1) is 12.4 Å². The van der Waals surface area contributed by atoms with Crippen LogP contribution in [0.25, 0.3) is 0 Å². The molecule has 120 valence electrons. The number of cyclic esters (lactones) is 1. The molecule has 0 aromatic rings. The standard InChI is InChI=1S/C14H27NO4.ClH/c1-5-12-13(18-8-9(2)3)10(4)19-14(16)11(15)6-7-17-12;/h9-13H,5-8,15H2,1-4H3;1H/t10-,11-,12+,13-;/m0./s1. The van der Waals surface area contributed by atoms with E-state index in [2.05, 4.69) is 13.8 Å². The molecule has 1 heterocycles. The number of hydrogen-bond donors (Lipinski definition) is 1. The largest absolute Gasteiger partial charge is 0.459 e. The summed E-state index contributed by atoms with van der Waals surface area (Å²) in [6.45, 7) is 9.14. The first-order chi connectivity index (χ1) is 8.95. The minimum Gasteiger partial charge on any atom is -0.459 e. The van der Waals surface area contributed by atoms with Gasteiger partial charge < -0.3 is 19.9 Å². The maximum Gasteiger partial charge on any atom is 0.323 e. The Hall–Kier alpha value is -0.360. The molecule has 20 heavy (non-hydrogen) atoms. The Morgan fingerprint density at radius 1 is 1.45 bits per heavy atom.